The molecule has 0 radical (unpaired) electrons. The van der Waals surface area contributed by atoms with Gasteiger partial charge in [0.2, 0.25) is 0 Å². The van der Waals surface area contributed by atoms with Crippen molar-refractivity contribution in [2.75, 3.05) is 0 Å². The molecule has 6 aromatic rings. The fraction of sp³-hybridized carbons (Fsp3) is 0. The Balaban J connectivity index is 1.76. The largest absolute Gasteiger partial charge is 0.292 e. The number of imidazole rings is 1. The summed E-state index contributed by atoms with van der Waals surface area (Å²) in [6.45, 7) is 0. The molecule has 30 heavy (non-hydrogen) atoms. The molecule has 0 saturated heterocycles. The van der Waals surface area contributed by atoms with Crippen molar-refractivity contribution in [2.45, 2.75) is 0 Å². The normalized spacial score (nSPS) is 11.5. The van der Waals surface area contributed by atoms with Gasteiger partial charge >= 0.3 is 0 Å². The second-order valence-corrected chi connectivity index (χ2v) is 8.35. The van der Waals surface area contributed by atoms with E-state index in [1.807, 2.05) is 12.1 Å². The summed E-state index contributed by atoms with van der Waals surface area (Å²) >= 11 is 3.63. The highest BCUT2D eigenvalue weighted by Crippen LogP contribution is 2.35. The monoisotopic (exact) mass is 448 g/mol. The predicted molar refractivity (Wildman–Crippen MR) is 129 cm³/mol. The van der Waals surface area contributed by atoms with E-state index in [-0.39, 0.29) is 0 Å². The molecule has 0 N–H and O–H groups in total. The number of rotatable bonds is 2. The first-order chi connectivity index (χ1) is 14.8. The van der Waals surface area contributed by atoms with Crippen molar-refractivity contribution in [1.82, 2.24) is 9.55 Å². The lowest BCUT2D eigenvalue weighted by molar-refractivity contribution is 1.10. The van der Waals surface area contributed by atoms with Crippen LogP contribution in [-0.4, -0.2) is 9.55 Å². The minimum absolute atomic E-state index is 0.948. The number of hydrogen-bond acceptors (Lipinski definition) is 1. The third kappa shape index (κ3) is 2.66. The SMILES string of the molecule is Brc1cccc(-n2c(-c3ccccc3)nc3c4ccc5ccccc5c4ccc32)c1. The van der Waals surface area contributed by atoms with Crippen LogP contribution in [0.1, 0.15) is 0 Å². The Bertz CT molecular complexity index is 1550. The molecule has 2 nitrogen and oxygen atoms in total. The molecule has 0 aliphatic rings. The molecule has 5 aromatic carbocycles. The van der Waals surface area contributed by atoms with Crippen molar-refractivity contribution < 1.29 is 0 Å². The molecular weight excluding hydrogens is 432 g/mol. The summed E-state index contributed by atoms with van der Waals surface area (Å²) in [4.78, 5) is 5.17. The Hall–Kier alpha value is -3.43. The van der Waals surface area contributed by atoms with E-state index >= 15 is 0 Å². The van der Waals surface area contributed by atoms with Crippen LogP contribution in [0.4, 0.5) is 0 Å². The summed E-state index contributed by atoms with van der Waals surface area (Å²) in [6.07, 6.45) is 0. The van der Waals surface area contributed by atoms with Gasteiger partial charge in [-0.15, -0.1) is 0 Å². The van der Waals surface area contributed by atoms with Crippen LogP contribution in [0.2, 0.25) is 0 Å². The van der Waals surface area contributed by atoms with Gasteiger partial charge in [-0.3, -0.25) is 4.57 Å². The smallest absolute Gasteiger partial charge is 0.145 e. The first kappa shape index (κ1) is 17.4. The number of nitrogens with zero attached hydrogens (tertiary/aromatic N) is 2. The summed E-state index contributed by atoms with van der Waals surface area (Å²) in [5.41, 5.74) is 4.32. The Labute approximate surface area is 182 Å². The molecular formula is C27H17BrN2. The molecule has 3 heteroatoms. The highest BCUT2D eigenvalue weighted by molar-refractivity contribution is 9.10. The van der Waals surface area contributed by atoms with E-state index in [0.29, 0.717) is 0 Å². The van der Waals surface area contributed by atoms with Gasteiger partial charge in [0.1, 0.15) is 5.82 Å². The number of halogens is 1. The van der Waals surface area contributed by atoms with Gasteiger partial charge in [-0.1, -0.05) is 94.8 Å². The maximum atomic E-state index is 5.17. The van der Waals surface area contributed by atoms with Crippen LogP contribution >= 0.6 is 15.9 Å². The molecule has 0 bridgehead atoms. The summed E-state index contributed by atoms with van der Waals surface area (Å²) in [7, 11) is 0. The van der Waals surface area contributed by atoms with E-state index in [0.717, 1.165) is 32.6 Å². The first-order valence-electron chi connectivity index (χ1n) is 9.94. The van der Waals surface area contributed by atoms with Gasteiger partial charge < -0.3 is 0 Å². The quantitative estimate of drug-likeness (QED) is 0.247. The first-order valence-corrected chi connectivity index (χ1v) is 10.7. The van der Waals surface area contributed by atoms with E-state index < -0.39 is 0 Å². The zero-order valence-corrected chi connectivity index (χ0v) is 17.7. The van der Waals surface area contributed by atoms with Crippen LogP contribution in [0.15, 0.2) is 108 Å². The van der Waals surface area contributed by atoms with Gasteiger partial charge in [-0.05, 0) is 40.4 Å². The fourth-order valence-corrected chi connectivity index (χ4v) is 4.67. The molecule has 0 amide bonds. The lowest BCUT2D eigenvalue weighted by Crippen LogP contribution is -1.97. The van der Waals surface area contributed by atoms with Gasteiger partial charge in [0, 0.05) is 21.1 Å². The lowest BCUT2D eigenvalue weighted by atomic mass is 10.0. The zero-order valence-electron chi connectivity index (χ0n) is 16.1. The number of benzene rings is 5. The molecule has 142 valence electrons. The maximum Gasteiger partial charge on any atom is 0.145 e. The van der Waals surface area contributed by atoms with Gasteiger partial charge in [-0.2, -0.15) is 0 Å². The Kier molecular flexibility index (Phi) is 3.96. The summed E-state index contributed by atoms with van der Waals surface area (Å²) < 4.78 is 3.30. The molecule has 1 aromatic heterocycles. The minimum atomic E-state index is 0.948. The molecule has 0 saturated carbocycles. The maximum absolute atomic E-state index is 5.17. The van der Waals surface area contributed by atoms with Crippen molar-refractivity contribution in [2.24, 2.45) is 0 Å². The number of hydrogen-bond donors (Lipinski definition) is 0. The second kappa shape index (κ2) is 6.82. The molecule has 1 heterocycles. The lowest BCUT2D eigenvalue weighted by Gasteiger charge is -2.10. The van der Waals surface area contributed by atoms with Crippen LogP contribution in [0.3, 0.4) is 0 Å². The molecule has 0 atom stereocenters. The average molecular weight is 449 g/mol. The van der Waals surface area contributed by atoms with Crippen molar-refractivity contribution in [3.63, 3.8) is 0 Å². The standard InChI is InChI=1S/C27H17BrN2/c28-20-10-6-11-21(17-20)30-25-16-15-23-22-12-5-4-7-18(22)13-14-24(23)26(25)29-27(30)19-8-2-1-3-9-19/h1-17H. The molecule has 6 rings (SSSR count). The number of fused-ring (bicyclic) bond motifs is 5. The molecule has 0 aliphatic heterocycles. The van der Waals surface area contributed by atoms with E-state index in [1.165, 1.54) is 21.5 Å². The second-order valence-electron chi connectivity index (χ2n) is 7.43. The summed E-state index contributed by atoms with van der Waals surface area (Å²) in [5, 5.41) is 4.92. The molecule has 0 aliphatic carbocycles. The van der Waals surface area contributed by atoms with Crippen molar-refractivity contribution in [1.29, 1.82) is 0 Å². The highest BCUT2D eigenvalue weighted by atomic mass is 79.9. The van der Waals surface area contributed by atoms with Crippen molar-refractivity contribution in [3.05, 3.63) is 108 Å². The topological polar surface area (TPSA) is 17.8 Å². The van der Waals surface area contributed by atoms with Gasteiger partial charge in [0.25, 0.3) is 0 Å². The predicted octanol–water partition coefficient (Wildman–Crippen LogP) is 7.76. The third-order valence-corrected chi connectivity index (χ3v) is 6.14. The Morgan fingerprint density at radius 3 is 2.30 bits per heavy atom. The van der Waals surface area contributed by atoms with Gasteiger partial charge in [-0.25, -0.2) is 4.98 Å². The zero-order chi connectivity index (χ0) is 20.1. The van der Waals surface area contributed by atoms with Crippen LogP contribution in [0.5, 0.6) is 0 Å². The van der Waals surface area contributed by atoms with E-state index in [9.17, 15) is 0 Å². The van der Waals surface area contributed by atoms with Crippen LogP contribution < -0.4 is 0 Å². The third-order valence-electron chi connectivity index (χ3n) is 5.65. The minimum Gasteiger partial charge on any atom is -0.292 e. The molecule has 0 fully saturated rings. The Morgan fingerprint density at radius 2 is 1.43 bits per heavy atom. The summed E-state index contributed by atoms with van der Waals surface area (Å²) in [5.74, 6) is 0.948. The molecule has 0 unspecified atom stereocenters. The van der Waals surface area contributed by atoms with Crippen molar-refractivity contribution in [3.8, 4) is 17.1 Å². The molecule has 0 spiro atoms. The van der Waals surface area contributed by atoms with Crippen molar-refractivity contribution >= 4 is 48.5 Å². The van der Waals surface area contributed by atoms with Gasteiger partial charge in [0.05, 0.1) is 11.0 Å². The fourth-order valence-electron chi connectivity index (χ4n) is 4.29. The average Bonchev–Trinajstić information content (AvgIpc) is 3.19. The van der Waals surface area contributed by atoms with E-state index in [1.54, 1.807) is 0 Å². The van der Waals surface area contributed by atoms with E-state index in [2.05, 4.69) is 111 Å². The van der Waals surface area contributed by atoms with E-state index in [4.69, 9.17) is 4.98 Å². The summed E-state index contributed by atoms with van der Waals surface area (Å²) in [6, 6.07) is 36.1. The Morgan fingerprint density at radius 1 is 0.633 bits per heavy atom. The van der Waals surface area contributed by atoms with Crippen LogP contribution in [0, 0.1) is 0 Å². The highest BCUT2D eigenvalue weighted by Gasteiger charge is 2.17. The number of aromatic nitrogens is 2. The van der Waals surface area contributed by atoms with Gasteiger partial charge in [0.15, 0.2) is 0 Å². The van der Waals surface area contributed by atoms with Crippen LogP contribution in [-0.2, 0) is 0 Å². The van der Waals surface area contributed by atoms with Crippen LogP contribution in [0.25, 0.3) is 49.7 Å².